The molecule has 13 heavy (non-hydrogen) atoms. The summed E-state index contributed by atoms with van der Waals surface area (Å²) in [5.41, 5.74) is -5.58. The average molecular weight is 243 g/mol. The van der Waals surface area contributed by atoms with Crippen LogP contribution in [0.5, 0.6) is 0 Å². The Kier molecular flexibility index (Phi) is 3.96. The summed E-state index contributed by atoms with van der Waals surface area (Å²) in [5, 5.41) is -1.77. The minimum absolute atomic E-state index is 0.428. The van der Waals surface area contributed by atoms with Crippen LogP contribution in [0.2, 0.25) is 0 Å². The van der Waals surface area contributed by atoms with E-state index in [1.54, 1.807) is 0 Å². The van der Waals surface area contributed by atoms with Crippen LogP contribution in [0, 0.1) is 0 Å². The number of rotatable bonds is 3. The molecule has 0 aromatic carbocycles. The number of thiocarbonyl (C=S) groups is 1. The van der Waals surface area contributed by atoms with Crippen LogP contribution in [0.4, 0.5) is 17.6 Å². The summed E-state index contributed by atoms with van der Waals surface area (Å²) in [6.07, 6.45) is 0. The number of alkyl halides is 3. The van der Waals surface area contributed by atoms with E-state index in [2.05, 4.69) is 22.1 Å². The van der Waals surface area contributed by atoms with Gasteiger partial charge in [-0.25, -0.2) is 8.42 Å². The zero-order valence-corrected chi connectivity index (χ0v) is 7.09. The van der Waals surface area contributed by atoms with Gasteiger partial charge >= 0.3 is 20.8 Å². The largest absolute Gasteiger partial charge is 0.513 e. The van der Waals surface area contributed by atoms with E-state index in [0.29, 0.717) is 4.89 Å². The molecule has 0 aliphatic rings. The molecule has 0 saturated carbocycles. The highest BCUT2D eigenvalue weighted by Crippen LogP contribution is 2.21. The Morgan fingerprint density at radius 3 is 2.15 bits per heavy atom. The Bertz CT molecular complexity index is 283. The molecule has 1 N–H and O–H groups in total. The Balaban J connectivity index is 4.15. The summed E-state index contributed by atoms with van der Waals surface area (Å²) >= 11 is 3.55. The first-order valence-corrected chi connectivity index (χ1v) is 4.17. The van der Waals surface area contributed by atoms with Crippen molar-refractivity contribution in [3.05, 3.63) is 0 Å². The molecular weight excluding hydrogens is 242 g/mol. The third kappa shape index (κ3) is 4.31. The second-order valence-corrected chi connectivity index (χ2v) is 3.39. The Hall–Kier alpha value is -0.520. The van der Waals surface area contributed by atoms with Gasteiger partial charge in [0, 0.05) is 0 Å². The van der Waals surface area contributed by atoms with Gasteiger partial charge in [0.25, 0.3) is 0 Å². The lowest BCUT2D eigenvalue weighted by Crippen LogP contribution is -2.36. The topological polar surface area (TPSA) is 64.6 Å². The molecule has 78 valence electrons. The summed E-state index contributed by atoms with van der Waals surface area (Å²) in [6.45, 7) is 0. The molecule has 0 fully saturated rings. The van der Waals surface area contributed by atoms with Crippen LogP contribution in [0.1, 0.15) is 0 Å². The van der Waals surface area contributed by atoms with Crippen molar-refractivity contribution in [2.75, 3.05) is 0 Å². The summed E-state index contributed by atoms with van der Waals surface area (Å²) in [6, 6.07) is 0. The molecule has 0 radical (unpaired) electrons. The van der Waals surface area contributed by atoms with Crippen molar-refractivity contribution in [1.29, 1.82) is 0 Å². The van der Waals surface area contributed by atoms with Crippen LogP contribution < -0.4 is 4.89 Å². The second kappa shape index (κ2) is 4.13. The number of hydrogen-bond acceptors (Lipinski definition) is 5. The molecule has 0 amide bonds. The van der Waals surface area contributed by atoms with Crippen LogP contribution in [0.25, 0.3) is 0 Å². The van der Waals surface area contributed by atoms with Gasteiger partial charge in [-0.05, 0) is 17.1 Å². The lowest BCUT2D eigenvalue weighted by atomic mass is 11.6. The minimum atomic E-state index is -5.72. The summed E-state index contributed by atoms with van der Waals surface area (Å²) in [7, 11) is -5.72. The fourth-order valence-electron chi connectivity index (χ4n) is 0.142. The first kappa shape index (κ1) is 12.5. The van der Waals surface area contributed by atoms with E-state index >= 15 is 0 Å². The zero-order valence-electron chi connectivity index (χ0n) is 5.46. The smallest absolute Gasteiger partial charge is 0.274 e. The summed E-state index contributed by atoms with van der Waals surface area (Å²) in [4.78, 5) is 6.69. The predicted octanol–water partition coefficient (Wildman–Crippen LogP) is 0.543. The van der Waals surface area contributed by atoms with E-state index in [0.717, 1.165) is 0 Å². The van der Waals surface area contributed by atoms with E-state index in [1.165, 1.54) is 0 Å². The maximum Gasteiger partial charge on any atom is 0.513 e. The molecule has 0 saturated heterocycles. The molecule has 0 aliphatic carbocycles. The van der Waals surface area contributed by atoms with Crippen molar-refractivity contribution in [3.63, 3.8) is 0 Å². The molecule has 5 nitrogen and oxygen atoms in total. The van der Waals surface area contributed by atoms with Crippen molar-refractivity contribution < 1.29 is 35.9 Å². The van der Waals surface area contributed by atoms with Crippen LogP contribution >= 0.6 is 12.2 Å². The Morgan fingerprint density at radius 1 is 1.38 bits per heavy atom. The molecule has 11 heteroatoms. The van der Waals surface area contributed by atoms with Crippen LogP contribution in [-0.4, -0.2) is 19.2 Å². The van der Waals surface area contributed by atoms with Gasteiger partial charge < -0.3 is 0 Å². The first-order valence-electron chi connectivity index (χ1n) is 2.28. The molecule has 0 aliphatic heterocycles. The summed E-state index contributed by atoms with van der Waals surface area (Å²) in [5.74, 6) is 0. The monoisotopic (exact) mass is 243 g/mol. The summed E-state index contributed by atoms with van der Waals surface area (Å²) < 4.78 is 65.8. The third-order valence-corrected chi connectivity index (χ3v) is 1.52. The number of nitrogens with one attached hydrogen (secondary N) is 1. The van der Waals surface area contributed by atoms with E-state index in [4.69, 9.17) is 0 Å². The van der Waals surface area contributed by atoms with Gasteiger partial charge in [0.15, 0.2) is 0 Å². The number of halogens is 4. The zero-order chi connectivity index (χ0) is 10.7. The minimum Gasteiger partial charge on any atom is -0.274 e. The predicted molar refractivity (Wildman–Crippen MR) is 34.0 cm³/mol. The van der Waals surface area contributed by atoms with Gasteiger partial charge in [0.2, 0.25) is 0 Å². The number of hydrogen-bond donors (Lipinski definition) is 1. The van der Waals surface area contributed by atoms with Crippen molar-refractivity contribution in [3.8, 4) is 0 Å². The fourth-order valence-corrected chi connectivity index (χ4v) is 0.394. The molecule has 0 rings (SSSR count). The Morgan fingerprint density at radius 2 is 1.85 bits per heavy atom. The van der Waals surface area contributed by atoms with Crippen LogP contribution in [0.15, 0.2) is 0 Å². The molecular formula is C2HF4NO4S2. The fraction of sp³-hybridized carbons (Fsp3) is 0.500. The van der Waals surface area contributed by atoms with Crippen molar-refractivity contribution in [2.24, 2.45) is 0 Å². The molecule has 0 unspecified atom stereocenters. The van der Waals surface area contributed by atoms with Gasteiger partial charge in [0.05, 0.1) is 0 Å². The van der Waals surface area contributed by atoms with Gasteiger partial charge in [-0.1, -0.05) is 4.99 Å². The first-order chi connectivity index (χ1) is 5.67. The van der Waals surface area contributed by atoms with Gasteiger partial charge in [-0.3, -0.25) is 4.89 Å². The molecule has 0 bridgehead atoms. The van der Waals surface area contributed by atoms with E-state index in [-0.39, 0.29) is 0 Å². The lowest BCUT2D eigenvalue weighted by molar-refractivity contribution is -0.255. The Labute approximate surface area is 74.5 Å². The normalized spacial score (nSPS) is 12.6. The van der Waals surface area contributed by atoms with Gasteiger partial charge in [-0.15, -0.1) is 4.39 Å². The van der Waals surface area contributed by atoms with E-state index in [1.807, 2.05) is 0 Å². The maximum atomic E-state index is 11.4. The maximum absolute atomic E-state index is 11.4. The lowest BCUT2D eigenvalue weighted by Gasteiger charge is -2.06. The highest BCUT2D eigenvalue weighted by molar-refractivity contribution is 7.90. The highest BCUT2D eigenvalue weighted by Gasteiger charge is 2.46. The van der Waals surface area contributed by atoms with Crippen molar-refractivity contribution >= 4 is 27.5 Å². The molecule has 0 spiro atoms. The van der Waals surface area contributed by atoms with Crippen molar-refractivity contribution in [1.82, 2.24) is 4.89 Å². The van der Waals surface area contributed by atoms with Crippen LogP contribution in [0.3, 0.4) is 0 Å². The van der Waals surface area contributed by atoms with Crippen molar-refractivity contribution in [2.45, 2.75) is 5.51 Å². The molecule has 0 heterocycles. The van der Waals surface area contributed by atoms with E-state index in [9.17, 15) is 26.0 Å². The SMILES string of the molecule is O=S(=O)(NOOC(F)=S)C(F)(F)F. The highest BCUT2D eigenvalue weighted by atomic mass is 32.2. The third-order valence-electron chi connectivity index (χ3n) is 0.556. The standard InChI is InChI=1S/C2HF4NO4S2/c3-1(12)10-11-7-13(8,9)2(4,5)6/h7H. The average Bonchev–Trinajstić information content (AvgIpc) is 1.82. The van der Waals surface area contributed by atoms with E-state index < -0.39 is 20.8 Å². The van der Waals surface area contributed by atoms with Crippen LogP contribution in [-0.2, 0) is 19.9 Å². The van der Waals surface area contributed by atoms with Gasteiger partial charge in [0.1, 0.15) is 0 Å². The second-order valence-electron chi connectivity index (χ2n) is 1.44. The molecule has 0 aromatic heterocycles. The van der Waals surface area contributed by atoms with Gasteiger partial charge in [-0.2, -0.15) is 13.2 Å². The number of sulfonamides is 1. The quantitative estimate of drug-likeness (QED) is 0.258. The molecule has 0 aromatic rings. The molecule has 0 atom stereocenters.